The number of nitrogens with one attached hydrogen (secondary N) is 2. The third-order valence-corrected chi connectivity index (χ3v) is 7.35. The molecule has 30 heavy (non-hydrogen) atoms. The first-order valence-electron chi connectivity index (χ1n) is 11.3. The molecule has 2 aromatic rings. The minimum absolute atomic E-state index is 0.459. The highest BCUT2D eigenvalue weighted by atomic mass is 32.1. The van der Waals surface area contributed by atoms with E-state index < -0.39 is 0 Å². The second kappa shape index (κ2) is 10.4. The van der Waals surface area contributed by atoms with E-state index in [4.69, 9.17) is 4.99 Å². The molecule has 8 heteroatoms. The van der Waals surface area contributed by atoms with Crippen molar-refractivity contribution < 1.29 is 0 Å². The van der Waals surface area contributed by atoms with E-state index in [0.717, 1.165) is 43.0 Å². The molecule has 1 aliphatic carbocycles. The average Bonchev–Trinajstić information content (AvgIpc) is 3.53. The lowest BCUT2D eigenvalue weighted by atomic mass is 10.1. The van der Waals surface area contributed by atoms with E-state index in [1.165, 1.54) is 50.1 Å². The molecular formula is C22H35N7S. The Labute approximate surface area is 184 Å². The monoisotopic (exact) mass is 429 g/mol. The minimum Gasteiger partial charge on any atom is -0.356 e. The fraction of sp³-hybridized carbons (Fsp3) is 0.682. The smallest absolute Gasteiger partial charge is 0.191 e. The van der Waals surface area contributed by atoms with Crippen molar-refractivity contribution in [2.45, 2.75) is 58.0 Å². The van der Waals surface area contributed by atoms with Crippen LogP contribution in [-0.4, -0.2) is 57.8 Å². The summed E-state index contributed by atoms with van der Waals surface area (Å²) in [6.07, 6.45) is 7.88. The summed E-state index contributed by atoms with van der Waals surface area (Å²) in [6, 6.07) is 4.76. The molecule has 1 saturated carbocycles. The van der Waals surface area contributed by atoms with Gasteiger partial charge in [0.25, 0.3) is 0 Å². The predicted molar refractivity (Wildman–Crippen MR) is 123 cm³/mol. The standard InChI is InChI=1S/C22H35N7S/c1-17-26-27-21(28(17)2)14-24-22(23-11-9-20-8-5-13-30-20)25-19-10-12-29(16-19)15-18-6-3-4-7-18/h5,8,13,18-19H,3-4,6-7,9-12,14-16H2,1-2H3,(H2,23,24,25). The average molecular weight is 430 g/mol. The van der Waals surface area contributed by atoms with Crippen LogP contribution in [0, 0.1) is 12.8 Å². The Balaban J connectivity index is 1.32. The Kier molecular flexibility index (Phi) is 7.38. The molecule has 0 radical (unpaired) electrons. The lowest BCUT2D eigenvalue weighted by Gasteiger charge is -2.21. The summed E-state index contributed by atoms with van der Waals surface area (Å²) in [5.41, 5.74) is 0. The summed E-state index contributed by atoms with van der Waals surface area (Å²) in [5, 5.41) is 17.8. The van der Waals surface area contributed by atoms with Crippen molar-refractivity contribution in [2.75, 3.05) is 26.2 Å². The Hall–Kier alpha value is -1.93. The molecule has 164 valence electrons. The third kappa shape index (κ3) is 5.82. The molecule has 1 unspecified atom stereocenters. The molecule has 3 heterocycles. The summed E-state index contributed by atoms with van der Waals surface area (Å²) in [7, 11) is 2.00. The minimum atomic E-state index is 0.459. The van der Waals surface area contributed by atoms with Crippen LogP contribution in [-0.2, 0) is 20.0 Å². The van der Waals surface area contributed by atoms with Crippen molar-refractivity contribution in [3.8, 4) is 0 Å². The molecular weight excluding hydrogens is 394 g/mol. The first kappa shape index (κ1) is 21.3. The highest BCUT2D eigenvalue weighted by molar-refractivity contribution is 7.09. The maximum Gasteiger partial charge on any atom is 0.191 e. The van der Waals surface area contributed by atoms with E-state index >= 15 is 0 Å². The molecule has 4 rings (SSSR count). The van der Waals surface area contributed by atoms with Gasteiger partial charge in [0.05, 0.1) is 0 Å². The van der Waals surface area contributed by atoms with Gasteiger partial charge in [-0.1, -0.05) is 18.9 Å². The number of aromatic nitrogens is 3. The number of thiophene rings is 1. The molecule has 0 spiro atoms. The Morgan fingerprint density at radius 1 is 1.27 bits per heavy atom. The number of aryl methyl sites for hydroxylation is 1. The largest absolute Gasteiger partial charge is 0.356 e. The molecule has 0 amide bonds. The molecule has 1 saturated heterocycles. The summed E-state index contributed by atoms with van der Waals surface area (Å²) < 4.78 is 2.01. The van der Waals surface area contributed by atoms with E-state index in [1.54, 1.807) is 0 Å². The van der Waals surface area contributed by atoms with Gasteiger partial charge in [0, 0.05) is 44.1 Å². The maximum absolute atomic E-state index is 4.83. The second-order valence-corrected chi connectivity index (χ2v) is 9.72. The number of hydrogen-bond acceptors (Lipinski definition) is 5. The molecule has 0 bridgehead atoms. The fourth-order valence-electron chi connectivity index (χ4n) is 4.52. The van der Waals surface area contributed by atoms with E-state index in [2.05, 4.69) is 43.2 Å². The number of nitrogens with zero attached hydrogens (tertiary/aromatic N) is 5. The van der Waals surface area contributed by atoms with Gasteiger partial charge in [0.2, 0.25) is 0 Å². The maximum atomic E-state index is 4.83. The van der Waals surface area contributed by atoms with Crippen molar-refractivity contribution >= 4 is 17.3 Å². The summed E-state index contributed by atoms with van der Waals surface area (Å²) >= 11 is 1.81. The molecule has 2 fully saturated rings. The van der Waals surface area contributed by atoms with Gasteiger partial charge in [-0.15, -0.1) is 21.5 Å². The van der Waals surface area contributed by atoms with Gasteiger partial charge in [0.1, 0.15) is 12.4 Å². The van der Waals surface area contributed by atoms with Gasteiger partial charge >= 0.3 is 0 Å². The molecule has 2 aliphatic rings. The van der Waals surface area contributed by atoms with E-state index in [-0.39, 0.29) is 0 Å². The van der Waals surface area contributed by atoms with Crippen LogP contribution in [0.1, 0.15) is 48.6 Å². The van der Waals surface area contributed by atoms with Gasteiger partial charge in [-0.25, -0.2) is 4.99 Å². The molecule has 0 aromatic carbocycles. The number of hydrogen-bond donors (Lipinski definition) is 2. The first-order valence-corrected chi connectivity index (χ1v) is 12.2. The number of guanidine groups is 1. The molecule has 2 N–H and O–H groups in total. The highest BCUT2D eigenvalue weighted by Gasteiger charge is 2.26. The van der Waals surface area contributed by atoms with Crippen LogP contribution >= 0.6 is 11.3 Å². The zero-order chi connectivity index (χ0) is 20.8. The molecule has 7 nitrogen and oxygen atoms in total. The van der Waals surface area contributed by atoms with Gasteiger partial charge in [-0.2, -0.15) is 0 Å². The summed E-state index contributed by atoms with van der Waals surface area (Å²) in [5.74, 6) is 3.61. The van der Waals surface area contributed by atoms with Crippen molar-refractivity contribution in [3.05, 3.63) is 34.0 Å². The first-order chi connectivity index (χ1) is 14.7. The lowest BCUT2D eigenvalue weighted by molar-refractivity contribution is 0.275. The van der Waals surface area contributed by atoms with Crippen molar-refractivity contribution in [1.29, 1.82) is 0 Å². The highest BCUT2D eigenvalue weighted by Crippen LogP contribution is 2.26. The van der Waals surface area contributed by atoms with E-state index in [9.17, 15) is 0 Å². The Morgan fingerprint density at radius 3 is 2.87 bits per heavy atom. The quantitative estimate of drug-likeness (QED) is 0.499. The fourth-order valence-corrected chi connectivity index (χ4v) is 5.23. The molecule has 1 atom stereocenters. The number of likely N-dealkylation sites (tertiary alicyclic amines) is 1. The topological polar surface area (TPSA) is 70.4 Å². The van der Waals surface area contributed by atoms with E-state index in [1.807, 2.05) is 29.9 Å². The predicted octanol–water partition coefficient (Wildman–Crippen LogP) is 2.73. The van der Waals surface area contributed by atoms with Crippen LogP contribution < -0.4 is 10.6 Å². The second-order valence-electron chi connectivity index (χ2n) is 8.68. The summed E-state index contributed by atoms with van der Waals surface area (Å²) in [6.45, 7) is 6.96. The van der Waals surface area contributed by atoms with Gasteiger partial charge in [-0.3, -0.25) is 0 Å². The van der Waals surface area contributed by atoms with Crippen LogP contribution in [0.15, 0.2) is 22.5 Å². The van der Waals surface area contributed by atoms with Gasteiger partial charge < -0.3 is 20.1 Å². The van der Waals surface area contributed by atoms with Crippen LogP contribution in [0.2, 0.25) is 0 Å². The lowest BCUT2D eigenvalue weighted by Crippen LogP contribution is -2.45. The molecule has 2 aromatic heterocycles. The van der Waals surface area contributed by atoms with Gasteiger partial charge in [-0.05, 0) is 50.0 Å². The van der Waals surface area contributed by atoms with Crippen molar-refractivity contribution in [3.63, 3.8) is 0 Å². The van der Waals surface area contributed by atoms with Gasteiger partial charge in [0.15, 0.2) is 11.8 Å². The number of aliphatic imine (C=N–C) groups is 1. The Morgan fingerprint density at radius 2 is 2.13 bits per heavy atom. The zero-order valence-corrected chi connectivity index (χ0v) is 19.1. The van der Waals surface area contributed by atoms with Crippen LogP contribution in [0.4, 0.5) is 0 Å². The Bertz CT molecular complexity index is 808. The molecule has 1 aliphatic heterocycles. The normalized spacial score (nSPS) is 20.9. The zero-order valence-electron chi connectivity index (χ0n) is 18.3. The van der Waals surface area contributed by atoms with Crippen LogP contribution in [0.5, 0.6) is 0 Å². The third-order valence-electron chi connectivity index (χ3n) is 6.41. The van der Waals surface area contributed by atoms with Crippen LogP contribution in [0.3, 0.4) is 0 Å². The van der Waals surface area contributed by atoms with Crippen molar-refractivity contribution in [1.82, 2.24) is 30.3 Å². The van der Waals surface area contributed by atoms with E-state index in [0.29, 0.717) is 12.6 Å². The van der Waals surface area contributed by atoms with Crippen molar-refractivity contribution in [2.24, 2.45) is 18.0 Å². The number of rotatable bonds is 8. The SMILES string of the molecule is Cc1nnc(CN=C(NCCc2cccs2)NC2CCN(CC3CCCC3)C2)n1C. The van der Waals surface area contributed by atoms with Crippen LogP contribution in [0.25, 0.3) is 0 Å². The summed E-state index contributed by atoms with van der Waals surface area (Å²) in [4.78, 5) is 8.87.